The summed E-state index contributed by atoms with van der Waals surface area (Å²) in [6, 6.07) is 10.3. The van der Waals surface area contributed by atoms with E-state index in [0.717, 1.165) is 23.3 Å². The molecule has 1 aromatic carbocycles. The zero-order valence-electron chi connectivity index (χ0n) is 17.9. The zero-order valence-corrected chi connectivity index (χ0v) is 18.7. The molecule has 2 amide bonds. The maximum atomic E-state index is 13.4. The number of carbonyl (C=O) groups excluding carboxylic acids is 3. The van der Waals surface area contributed by atoms with Gasteiger partial charge in [0, 0.05) is 17.0 Å². The Bertz CT molecular complexity index is 939. The van der Waals surface area contributed by atoms with Gasteiger partial charge in [0.25, 0.3) is 5.91 Å². The van der Waals surface area contributed by atoms with E-state index in [1.54, 1.807) is 28.4 Å². The molecule has 2 aliphatic rings. The Morgan fingerprint density at radius 3 is 2.68 bits per heavy atom. The molecule has 2 saturated heterocycles. The van der Waals surface area contributed by atoms with Gasteiger partial charge in [0.1, 0.15) is 18.7 Å². The average Bonchev–Trinajstić information content (AvgIpc) is 3.43. The van der Waals surface area contributed by atoms with Gasteiger partial charge in [-0.15, -0.1) is 11.3 Å². The number of nitrogens with one attached hydrogen (secondary N) is 1. The van der Waals surface area contributed by atoms with Gasteiger partial charge in [0.2, 0.25) is 5.91 Å². The van der Waals surface area contributed by atoms with Gasteiger partial charge in [-0.3, -0.25) is 14.4 Å². The van der Waals surface area contributed by atoms with Crippen LogP contribution in [0.15, 0.2) is 41.8 Å². The van der Waals surface area contributed by atoms with Crippen LogP contribution in [-0.4, -0.2) is 53.8 Å². The number of hydrogen-bond donors (Lipinski definition) is 1. The van der Waals surface area contributed by atoms with Crippen LogP contribution in [0.25, 0.3) is 10.4 Å². The van der Waals surface area contributed by atoms with Gasteiger partial charge in [-0.25, -0.2) is 0 Å². The SMILES string of the molecule is CC(C)CC(NC(=O)c1ccc(-c2cccs2)cc1)C(=O)N1CCC[C@@H]2OCC(=O)C21. The number of nitrogens with zero attached hydrogens (tertiary/aromatic N) is 1. The van der Waals surface area contributed by atoms with Crippen molar-refractivity contribution in [3.63, 3.8) is 0 Å². The van der Waals surface area contributed by atoms with Crippen molar-refractivity contribution >= 4 is 28.9 Å². The second kappa shape index (κ2) is 9.32. The molecule has 1 aromatic heterocycles. The summed E-state index contributed by atoms with van der Waals surface area (Å²) in [5.41, 5.74) is 1.57. The van der Waals surface area contributed by atoms with Crippen LogP contribution in [0.3, 0.4) is 0 Å². The number of rotatable bonds is 6. The minimum absolute atomic E-state index is 0.0446. The lowest BCUT2D eigenvalue weighted by atomic mass is 9.95. The highest BCUT2D eigenvalue weighted by atomic mass is 32.1. The fourth-order valence-corrected chi connectivity index (χ4v) is 5.13. The van der Waals surface area contributed by atoms with Gasteiger partial charge in [-0.05, 0) is 54.3 Å². The van der Waals surface area contributed by atoms with Crippen molar-refractivity contribution in [2.75, 3.05) is 13.2 Å². The number of benzene rings is 1. The Hall–Kier alpha value is -2.51. The predicted molar refractivity (Wildman–Crippen MR) is 120 cm³/mol. The molecule has 3 heterocycles. The zero-order chi connectivity index (χ0) is 22.0. The molecule has 1 N–H and O–H groups in total. The second-order valence-corrected chi connectivity index (χ2v) is 9.59. The summed E-state index contributed by atoms with van der Waals surface area (Å²) >= 11 is 1.65. The predicted octanol–water partition coefficient (Wildman–Crippen LogP) is 3.52. The summed E-state index contributed by atoms with van der Waals surface area (Å²) in [7, 11) is 0. The van der Waals surface area contributed by atoms with Crippen LogP contribution >= 0.6 is 11.3 Å². The molecule has 0 bridgehead atoms. The minimum Gasteiger partial charge on any atom is -0.368 e. The number of ether oxygens (including phenoxy) is 1. The quantitative estimate of drug-likeness (QED) is 0.746. The van der Waals surface area contributed by atoms with Gasteiger partial charge in [0.05, 0.1) is 6.10 Å². The third-order valence-corrected chi connectivity index (χ3v) is 6.81. The molecule has 4 rings (SSSR count). The van der Waals surface area contributed by atoms with E-state index in [-0.39, 0.29) is 36.2 Å². The van der Waals surface area contributed by atoms with Crippen molar-refractivity contribution in [2.45, 2.75) is 51.3 Å². The van der Waals surface area contributed by atoms with Crippen LogP contribution < -0.4 is 5.32 Å². The van der Waals surface area contributed by atoms with E-state index in [1.165, 1.54) is 0 Å². The largest absolute Gasteiger partial charge is 0.368 e. The van der Waals surface area contributed by atoms with Crippen LogP contribution in [0.4, 0.5) is 0 Å². The van der Waals surface area contributed by atoms with Crippen LogP contribution in [0, 0.1) is 5.92 Å². The molecule has 0 spiro atoms. The molecule has 0 aliphatic carbocycles. The lowest BCUT2D eigenvalue weighted by molar-refractivity contribution is -0.142. The first-order chi connectivity index (χ1) is 14.9. The number of hydrogen-bond acceptors (Lipinski definition) is 5. The summed E-state index contributed by atoms with van der Waals surface area (Å²) in [6.07, 6.45) is 1.89. The van der Waals surface area contributed by atoms with E-state index in [2.05, 4.69) is 5.32 Å². The Kier molecular flexibility index (Phi) is 6.53. The molecule has 2 fully saturated rings. The fraction of sp³-hybridized carbons (Fsp3) is 0.458. The van der Waals surface area contributed by atoms with E-state index < -0.39 is 12.1 Å². The number of ketones is 1. The monoisotopic (exact) mass is 440 g/mol. The lowest BCUT2D eigenvalue weighted by Gasteiger charge is -2.37. The highest BCUT2D eigenvalue weighted by molar-refractivity contribution is 7.13. The van der Waals surface area contributed by atoms with Crippen molar-refractivity contribution in [3.05, 3.63) is 47.3 Å². The summed E-state index contributed by atoms with van der Waals surface area (Å²) in [5.74, 6) is -0.298. The summed E-state index contributed by atoms with van der Waals surface area (Å²) in [6.45, 7) is 4.63. The minimum atomic E-state index is -0.670. The first-order valence-corrected chi connectivity index (χ1v) is 11.7. The molecule has 31 heavy (non-hydrogen) atoms. The van der Waals surface area contributed by atoms with E-state index in [9.17, 15) is 14.4 Å². The molecular formula is C24H28N2O4S. The van der Waals surface area contributed by atoms with Gasteiger partial charge in [0.15, 0.2) is 5.78 Å². The molecule has 2 aromatic rings. The molecule has 164 valence electrons. The van der Waals surface area contributed by atoms with E-state index in [1.807, 2.05) is 43.5 Å². The average molecular weight is 441 g/mol. The molecule has 0 saturated carbocycles. The van der Waals surface area contributed by atoms with Crippen LogP contribution in [-0.2, 0) is 14.3 Å². The van der Waals surface area contributed by atoms with E-state index >= 15 is 0 Å². The first kappa shape index (κ1) is 21.7. The summed E-state index contributed by atoms with van der Waals surface area (Å²) in [4.78, 5) is 41.5. The van der Waals surface area contributed by atoms with Gasteiger partial charge >= 0.3 is 0 Å². The van der Waals surface area contributed by atoms with E-state index in [0.29, 0.717) is 18.5 Å². The summed E-state index contributed by atoms with van der Waals surface area (Å²) < 4.78 is 5.57. The van der Waals surface area contributed by atoms with Crippen molar-refractivity contribution in [2.24, 2.45) is 5.92 Å². The second-order valence-electron chi connectivity index (χ2n) is 8.64. The third-order valence-electron chi connectivity index (χ3n) is 5.89. The smallest absolute Gasteiger partial charge is 0.251 e. The molecule has 2 unspecified atom stereocenters. The topological polar surface area (TPSA) is 75.7 Å². The maximum absolute atomic E-state index is 13.4. The highest BCUT2D eigenvalue weighted by Crippen LogP contribution is 2.28. The fourth-order valence-electron chi connectivity index (χ4n) is 4.40. The molecule has 2 aliphatic heterocycles. The Labute approximate surface area is 186 Å². The Morgan fingerprint density at radius 1 is 1.23 bits per heavy atom. The standard InChI is InChI=1S/C24H28N2O4S/c1-15(2)13-18(24(29)26-11-3-5-20-22(26)19(27)14-30-20)25-23(28)17-9-7-16(8-10-17)21-6-4-12-31-21/h4,6-10,12,15,18,20,22H,3,5,11,13-14H2,1-2H3,(H,25,28)/t18?,20-,22?/m0/s1. The third kappa shape index (κ3) is 4.72. The van der Waals surface area contributed by atoms with Crippen LogP contribution in [0.1, 0.15) is 43.5 Å². The Balaban J connectivity index is 1.49. The Morgan fingerprint density at radius 2 is 2.00 bits per heavy atom. The summed E-state index contributed by atoms with van der Waals surface area (Å²) in [5, 5.41) is 4.95. The first-order valence-electron chi connectivity index (χ1n) is 10.8. The number of amides is 2. The number of fused-ring (bicyclic) bond motifs is 1. The number of Topliss-reactive ketones (excluding diaryl/α,β-unsaturated/α-hetero) is 1. The molecular weight excluding hydrogens is 412 g/mol. The molecule has 7 heteroatoms. The number of carbonyl (C=O) groups is 3. The van der Waals surface area contributed by atoms with Crippen molar-refractivity contribution in [3.8, 4) is 10.4 Å². The van der Waals surface area contributed by atoms with Crippen LogP contribution in [0.2, 0.25) is 0 Å². The van der Waals surface area contributed by atoms with Gasteiger partial charge < -0.3 is 15.0 Å². The van der Waals surface area contributed by atoms with Crippen molar-refractivity contribution in [1.29, 1.82) is 0 Å². The highest BCUT2D eigenvalue weighted by Gasteiger charge is 2.45. The lowest BCUT2D eigenvalue weighted by Crippen LogP contribution is -2.58. The molecule has 0 radical (unpaired) electrons. The van der Waals surface area contributed by atoms with Crippen molar-refractivity contribution in [1.82, 2.24) is 10.2 Å². The maximum Gasteiger partial charge on any atom is 0.251 e. The van der Waals surface area contributed by atoms with Gasteiger partial charge in [-0.1, -0.05) is 32.0 Å². The number of thiophene rings is 1. The normalized spacial score (nSPS) is 21.8. The van der Waals surface area contributed by atoms with Gasteiger partial charge in [-0.2, -0.15) is 0 Å². The van der Waals surface area contributed by atoms with Crippen molar-refractivity contribution < 1.29 is 19.1 Å². The number of likely N-dealkylation sites (tertiary alicyclic amines) is 1. The van der Waals surface area contributed by atoms with E-state index in [4.69, 9.17) is 4.74 Å². The molecule has 3 atom stereocenters. The number of piperidine rings is 1. The van der Waals surface area contributed by atoms with Crippen LogP contribution in [0.5, 0.6) is 0 Å². The molecule has 6 nitrogen and oxygen atoms in total.